The topological polar surface area (TPSA) is 172 Å². The quantitative estimate of drug-likeness (QED) is 0.514. The Hall–Kier alpha value is -3.89. The summed E-state index contributed by atoms with van der Waals surface area (Å²) in [6.07, 6.45) is -0.929. The first-order chi connectivity index (χ1) is 13.3. The maximum absolute atomic E-state index is 14.5. The van der Waals surface area contributed by atoms with Crippen LogP contribution in [0.1, 0.15) is 41.5 Å². The second-order valence-electron chi connectivity index (χ2n) is 6.92. The number of H-pyrrole nitrogens is 1. The minimum absolute atomic E-state index is 0.232. The molecule has 1 aromatic carbocycles. The van der Waals surface area contributed by atoms with Crippen molar-refractivity contribution in [3.05, 3.63) is 45.5 Å². The summed E-state index contributed by atoms with van der Waals surface area (Å²) in [6.45, 7) is 4.85. The van der Waals surface area contributed by atoms with Crippen LogP contribution in [-0.4, -0.2) is 38.8 Å². The second kappa shape index (κ2) is 7.62. The smallest absolute Gasteiger partial charge is 0.412 e. The summed E-state index contributed by atoms with van der Waals surface area (Å²) in [5.74, 6) is -4.94. The number of carbonyl (C=O) groups is 3. The van der Waals surface area contributed by atoms with Gasteiger partial charge in [0.25, 0.3) is 5.56 Å². The molecule has 1 amide bonds. The van der Waals surface area contributed by atoms with Gasteiger partial charge in [0, 0.05) is 5.56 Å². The van der Waals surface area contributed by atoms with Gasteiger partial charge in [0.2, 0.25) is 0 Å². The van der Waals surface area contributed by atoms with Crippen molar-refractivity contribution in [1.29, 1.82) is 0 Å². The number of carbonyl (C=O) groups excluding carboxylic acids is 1. The second-order valence-corrected chi connectivity index (χ2v) is 6.92. The van der Waals surface area contributed by atoms with Gasteiger partial charge < -0.3 is 25.7 Å². The van der Waals surface area contributed by atoms with Gasteiger partial charge in [-0.05, 0) is 38.5 Å². The molecule has 0 radical (unpaired) electrons. The van der Waals surface area contributed by atoms with Gasteiger partial charge in [0.15, 0.2) is 0 Å². The molecule has 0 aliphatic rings. The van der Waals surface area contributed by atoms with Crippen LogP contribution >= 0.6 is 0 Å². The van der Waals surface area contributed by atoms with Gasteiger partial charge in [-0.25, -0.2) is 18.8 Å². The molecule has 0 unspecified atom stereocenters. The Morgan fingerprint density at radius 1 is 1.14 bits per heavy atom. The Kier molecular flexibility index (Phi) is 5.63. The zero-order chi connectivity index (χ0) is 22.1. The van der Waals surface area contributed by atoms with E-state index in [0.29, 0.717) is 0 Å². The van der Waals surface area contributed by atoms with Crippen LogP contribution in [0.2, 0.25) is 0 Å². The van der Waals surface area contributed by atoms with Gasteiger partial charge in [0.05, 0.1) is 5.69 Å². The van der Waals surface area contributed by atoms with Crippen LogP contribution in [0.4, 0.5) is 20.7 Å². The van der Waals surface area contributed by atoms with Gasteiger partial charge in [0.1, 0.15) is 28.4 Å². The number of hydrogen-bond acceptors (Lipinski definition) is 6. The van der Waals surface area contributed by atoms with Crippen LogP contribution in [0, 0.1) is 5.82 Å². The van der Waals surface area contributed by atoms with Crippen molar-refractivity contribution in [2.45, 2.75) is 26.4 Å². The maximum atomic E-state index is 14.5. The molecule has 0 atom stereocenters. The minimum Gasteiger partial charge on any atom is -0.478 e. The lowest BCUT2D eigenvalue weighted by atomic mass is 9.95. The third kappa shape index (κ3) is 4.69. The molecule has 1 aromatic heterocycles. The Morgan fingerprint density at radius 2 is 1.72 bits per heavy atom. The first-order valence-electron chi connectivity index (χ1n) is 8.14. The van der Waals surface area contributed by atoms with Crippen molar-refractivity contribution in [2.24, 2.45) is 0 Å². The molecule has 1 heterocycles. The number of ether oxygens (including phenoxy) is 1. The monoisotopic (exact) mass is 407 g/mol. The van der Waals surface area contributed by atoms with E-state index in [9.17, 15) is 33.8 Å². The molecule has 154 valence electrons. The van der Waals surface area contributed by atoms with E-state index in [1.54, 1.807) is 20.8 Å². The SMILES string of the molecule is CC(C)(C)OC(=O)Nc1ccc(-c2c(C(=O)O)c(N)[nH]c(=O)c2C(=O)O)cc1F. The summed E-state index contributed by atoms with van der Waals surface area (Å²) in [4.78, 5) is 48.8. The molecule has 29 heavy (non-hydrogen) atoms. The Labute approximate surface area is 163 Å². The summed E-state index contributed by atoms with van der Waals surface area (Å²) in [5.41, 5.74) is 0.853. The average Bonchev–Trinajstić information content (AvgIpc) is 2.53. The molecule has 2 rings (SSSR count). The highest BCUT2D eigenvalue weighted by Gasteiger charge is 2.27. The van der Waals surface area contributed by atoms with E-state index in [1.807, 2.05) is 4.98 Å². The molecule has 11 heteroatoms. The molecule has 0 aliphatic carbocycles. The Balaban J connectivity index is 2.61. The summed E-state index contributed by atoms with van der Waals surface area (Å²) in [7, 11) is 0. The van der Waals surface area contributed by atoms with E-state index in [-0.39, 0.29) is 11.3 Å². The number of aromatic nitrogens is 1. The highest BCUT2D eigenvalue weighted by Crippen LogP contribution is 2.31. The van der Waals surface area contributed by atoms with Crippen molar-refractivity contribution >= 4 is 29.5 Å². The molecule has 0 saturated heterocycles. The van der Waals surface area contributed by atoms with Crippen molar-refractivity contribution < 1.29 is 33.7 Å². The number of nitrogens with two attached hydrogens (primary N) is 1. The van der Waals surface area contributed by atoms with Crippen LogP contribution < -0.4 is 16.6 Å². The fourth-order valence-corrected chi connectivity index (χ4v) is 2.52. The lowest BCUT2D eigenvalue weighted by Gasteiger charge is -2.20. The minimum atomic E-state index is -1.72. The zero-order valence-electron chi connectivity index (χ0n) is 15.6. The Bertz CT molecular complexity index is 1070. The van der Waals surface area contributed by atoms with Gasteiger partial charge in [-0.1, -0.05) is 6.07 Å². The number of benzene rings is 1. The summed E-state index contributed by atoms with van der Waals surface area (Å²) < 4.78 is 19.5. The van der Waals surface area contributed by atoms with Crippen molar-refractivity contribution in [1.82, 2.24) is 4.98 Å². The summed E-state index contributed by atoms with van der Waals surface area (Å²) in [5, 5.41) is 20.9. The first kappa shape index (κ1) is 21.4. The van der Waals surface area contributed by atoms with Crippen LogP contribution in [-0.2, 0) is 4.74 Å². The number of carboxylic acid groups (broad SMARTS) is 2. The number of aromatic carboxylic acids is 2. The number of pyridine rings is 1. The van der Waals surface area contributed by atoms with Crippen LogP contribution in [0.5, 0.6) is 0 Å². The standard InChI is InChI=1S/C18H18FN3O7/c1-18(2,3)29-17(28)21-9-5-4-7(6-8(9)19)10-11(15(24)25)13(20)22-14(23)12(10)16(26)27/h4-6H,1-3H3,(H,21,28)(H,24,25)(H,26,27)(H3,20,22,23). The van der Waals surface area contributed by atoms with Crippen molar-refractivity contribution in [3.8, 4) is 11.1 Å². The predicted octanol–water partition coefficient (Wildman–Crippen LogP) is 2.51. The highest BCUT2D eigenvalue weighted by atomic mass is 19.1. The van der Waals surface area contributed by atoms with Gasteiger partial charge >= 0.3 is 18.0 Å². The normalized spacial score (nSPS) is 11.0. The van der Waals surface area contributed by atoms with Crippen LogP contribution in [0.15, 0.2) is 23.0 Å². The number of nitrogens with one attached hydrogen (secondary N) is 2. The number of halogens is 1. The number of rotatable bonds is 4. The van der Waals surface area contributed by atoms with Crippen molar-refractivity contribution in [2.75, 3.05) is 11.1 Å². The number of amides is 1. The highest BCUT2D eigenvalue weighted by molar-refractivity contribution is 6.07. The molecule has 0 spiro atoms. The fraction of sp³-hybridized carbons (Fsp3) is 0.222. The average molecular weight is 407 g/mol. The molecule has 0 fully saturated rings. The van der Waals surface area contributed by atoms with E-state index in [1.165, 1.54) is 0 Å². The number of aromatic amines is 1. The number of nitrogen functional groups attached to an aromatic ring is 1. The lowest BCUT2D eigenvalue weighted by molar-refractivity contribution is 0.0631. The molecule has 0 saturated carbocycles. The zero-order valence-corrected chi connectivity index (χ0v) is 15.6. The Morgan fingerprint density at radius 3 is 2.21 bits per heavy atom. The molecular formula is C18H18FN3O7. The molecule has 6 N–H and O–H groups in total. The van der Waals surface area contributed by atoms with Gasteiger partial charge in [-0.2, -0.15) is 0 Å². The largest absolute Gasteiger partial charge is 0.478 e. The van der Waals surface area contributed by atoms with Crippen LogP contribution in [0.25, 0.3) is 11.1 Å². The van der Waals surface area contributed by atoms with Gasteiger partial charge in [-0.15, -0.1) is 0 Å². The number of hydrogen-bond donors (Lipinski definition) is 5. The lowest BCUT2D eigenvalue weighted by Crippen LogP contribution is -2.27. The van der Waals surface area contributed by atoms with E-state index in [4.69, 9.17) is 10.5 Å². The third-order valence-electron chi connectivity index (χ3n) is 3.57. The summed E-state index contributed by atoms with van der Waals surface area (Å²) >= 11 is 0. The van der Waals surface area contributed by atoms with E-state index < -0.39 is 57.5 Å². The predicted molar refractivity (Wildman–Crippen MR) is 101 cm³/mol. The molecular weight excluding hydrogens is 389 g/mol. The number of carboxylic acids is 2. The van der Waals surface area contributed by atoms with E-state index >= 15 is 0 Å². The third-order valence-corrected chi connectivity index (χ3v) is 3.57. The fourth-order valence-electron chi connectivity index (χ4n) is 2.52. The maximum Gasteiger partial charge on any atom is 0.412 e. The van der Waals surface area contributed by atoms with Crippen molar-refractivity contribution in [3.63, 3.8) is 0 Å². The molecule has 2 aromatic rings. The first-order valence-corrected chi connectivity index (χ1v) is 8.14. The summed E-state index contributed by atoms with van der Waals surface area (Å²) in [6, 6.07) is 2.99. The van der Waals surface area contributed by atoms with Gasteiger partial charge in [-0.3, -0.25) is 10.1 Å². The number of anilines is 2. The van der Waals surface area contributed by atoms with E-state index in [0.717, 1.165) is 18.2 Å². The van der Waals surface area contributed by atoms with Crippen LogP contribution in [0.3, 0.4) is 0 Å². The van der Waals surface area contributed by atoms with E-state index in [2.05, 4.69) is 5.32 Å². The molecule has 0 aliphatic heterocycles. The molecule has 10 nitrogen and oxygen atoms in total. The molecule has 0 bridgehead atoms.